The largest absolute Gasteiger partial charge is 0.376 e. The molecule has 1 aromatic carbocycles. The van der Waals surface area contributed by atoms with Gasteiger partial charge in [0.25, 0.3) is 0 Å². The molecule has 1 unspecified atom stereocenters. The van der Waals surface area contributed by atoms with Crippen LogP contribution < -0.4 is 11.1 Å². The summed E-state index contributed by atoms with van der Waals surface area (Å²) in [5, 5.41) is 11.9. The van der Waals surface area contributed by atoms with Gasteiger partial charge in [-0.15, -0.1) is 0 Å². The van der Waals surface area contributed by atoms with Gasteiger partial charge in [-0.1, -0.05) is 30.3 Å². The number of nitrogens with zero attached hydrogens (tertiary/aromatic N) is 2. The zero-order valence-corrected chi connectivity index (χ0v) is 12.1. The number of benzene rings is 1. The summed E-state index contributed by atoms with van der Waals surface area (Å²) in [4.78, 5) is 0. The van der Waals surface area contributed by atoms with E-state index in [9.17, 15) is 0 Å². The number of thiocarbonyl (C=S) groups is 1. The highest BCUT2D eigenvalue weighted by molar-refractivity contribution is 7.80. The summed E-state index contributed by atoms with van der Waals surface area (Å²) in [6.45, 7) is 7.87. The molecule has 0 amide bonds. The summed E-state index contributed by atoms with van der Waals surface area (Å²) in [6, 6.07) is 9.77. The van der Waals surface area contributed by atoms with Crippen LogP contribution >= 0.6 is 12.2 Å². The fourth-order valence-electron chi connectivity index (χ4n) is 1.41. The Bertz CT molecular complexity index is 436. The zero-order valence-electron chi connectivity index (χ0n) is 11.3. The van der Waals surface area contributed by atoms with Crippen molar-refractivity contribution in [3.05, 3.63) is 35.9 Å². The van der Waals surface area contributed by atoms with E-state index in [0.29, 0.717) is 0 Å². The summed E-state index contributed by atoms with van der Waals surface area (Å²) in [7, 11) is 0. The van der Waals surface area contributed by atoms with E-state index in [1.807, 2.05) is 58.0 Å². The summed E-state index contributed by atoms with van der Waals surface area (Å²) >= 11 is 4.92. The third-order valence-corrected chi connectivity index (χ3v) is 2.35. The van der Waals surface area contributed by atoms with Gasteiger partial charge in [-0.25, -0.2) is 0 Å². The second-order valence-electron chi connectivity index (χ2n) is 5.30. The second kappa shape index (κ2) is 5.44. The van der Waals surface area contributed by atoms with Gasteiger partial charge in [0.1, 0.15) is 0 Å². The molecule has 0 saturated carbocycles. The van der Waals surface area contributed by atoms with E-state index in [1.165, 1.54) is 0 Å². The number of rotatable bonds is 3. The first kappa shape index (κ1) is 14.6. The number of nitrogens with one attached hydrogen (secondary N) is 1. The van der Waals surface area contributed by atoms with Crippen LogP contribution in [0, 0.1) is 0 Å². The molecule has 0 saturated heterocycles. The van der Waals surface area contributed by atoms with Crippen LogP contribution in [0.1, 0.15) is 33.3 Å². The molecule has 0 radical (unpaired) electrons. The zero-order chi connectivity index (χ0) is 13.8. The maximum absolute atomic E-state index is 5.57. The van der Waals surface area contributed by atoms with Gasteiger partial charge >= 0.3 is 0 Å². The Morgan fingerprint density at radius 1 is 1.11 bits per heavy atom. The minimum absolute atomic E-state index is 0.203. The molecule has 0 aliphatic rings. The summed E-state index contributed by atoms with van der Waals surface area (Å²) in [5.41, 5.74) is 5.56. The van der Waals surface area contributed by atoms with Crippen molar-refractivity contribution in [2.75, 3.05) is 0 Å². The standard InChI is InChI=1S/C13H20N4S/c1-12(2,3)16-17-13(4,15-11(14)18)10-8-6-5-7-9-10/h5-9H,1-4H3,(H3,14,15,18)/b17-16+. The highest BCUT2D eigenvalue weighted by Crippen LogP contribution is 2.24. The maximum atomic E-state index is 5.57. The predicted octanol–water partition coefficient (Wildman–Crippen LogP) is 2.94. The van der Waals surface area contributed by atoms with Gasteiger partial charge in [-0.2, -0.15) is 10.2 Å². The van der Waals surface area contributed by atoms with Gasteiger partial charge in [-0.05, 0) is 39.9 Å². The van der Waals surface area contributed by atoms with Crippen molar-refractivity contribution < 1.29 is 0 Å². The van der Waals surface area contributed by atoms with E-state index in [2.05, 4.69) is 15.5 Å². The van der Waals surface area contributed by atoms with Gasteiger partial charge in [-0.3, -0.25) is 0 Å². The van der Waals surface area contributed by atoms with Gasteiger partial charge in [0.2, 0.25) is 0 Å². The van der Waals surface area contributed by atoms with Gasteiger partial charge in [0.15, 0.2) is 10.8 Å². The molecule has 0 heterocycles. The molecule has 1 atom stereocenters. The van der Waals surface area contributed by atoms with Crippen molar-refractivity contribution >= 4 is 17.3 Å². The third-order valence-electron chi connectivity index (χ3n) is 2.25. The lowest BCUT2D eigenvalue weighted by Gasteiger charge is -2.27. The Morgan fingerprint density at radius 3 is 2.11 bits per heavy atom. The second-order valence-corrected chi connectivity index (χ2v) is 5.74. The molecule has 18 heavy (non-hydrogen) atoms. The van der Waals surface area contributed by atoms with Crippen molar-refractivity contribution in [3.8, 4) is 0 Å². The lowest BCUT2D eigenvalue weighted by molar-refractivity contribution is 0.397. The van der Waals surface area contributed by atoms with E-state index < -0.39 is 5.66 Å². The summed E-state index contributed by atoms with van der Waals surface area (Å²) in [6.07, 6.45) is 0. The SMILES string of the molecule is CC(C)(C)/N=N/C(C)(NC(N)=S)c1ccccc1. The van der Waals surface area contributed by atoms with E-state index >= 15 is 0 Å². The molecule has 0 bridgehead atoms. The quantitative estimate of drug-likeness (QED) is 0.651. The molecule has 5 heteroatoms. The first-order chi connectivity index (χ1) is 8.23. The Kier molecular flexibility index (Phi) is 4.40. The number of azo groups is 1. The molecule has 1 rings (SSSR count). The molecule has 0 aliphatic heterocycles. The van der Waals surface area contributed by atoms with Gasteiger partial charge in [0.05, 0.1) is 5.54 Å². The maximum Gasteiger partial charge on any atom is 0.174 e. The molecule has 1 aromatic rings. The Balaban J connectivity index is 3.11. The third kappa shape index (κ3) is 4.41. The van der Waals surface area contributed by atoms with Crippen molar-refractivity contribution in [1.29, 1.82) is 0 Å². The number of nitrogens with two attached hydrogens (primary N) is 1. The van der Waals surface area contributed by atoms with Crippen LogP contribution in [-0.4, -0.2) is 10.7 Å². The molecule has 0 spiro atoms. The van der Waals surface area contributed by atoms with Crippen molar-refractivity contribution in [3.63, 3.8) is 0 Å². The molecule has 0 aromatic heterocycles. The van der Waals surface area contributed by atoms with Crippen molar-refractivity contribution in [1.82, 2.24) is 5.32 Å². The van der Waals surface area contributed by atoms with E-state index in [-0.39, 0.29) is 10.7 Å². The lowest BCUT2D eigenvalue weighted by Crippen LogP contribution is -2.44. The van der Waals surface area contributed by atoms with Crippen LogP contribution in [0.2, 0.25) is 0 Å². The topological polar surface area (TPSA) is 62.8 Å². The number of hydrogen-bond donors (Lipinski definition) is 2. The molecular formula is C13H20N4S. The van der Waals surface area contributed by atoms with Crippen LogP contribution in [0.25, 0.3) is 0 Å². The molecule has 3 N–H and O–H groups in total. The number of hydrogen-bond acceptors (Lipinski definition) is 3. The highest BCUT2D eigenvalue weighted by Gasteiger charge is 2.27. The molecule has 98 valence electrons. The molecule has 0 aliphatic carbocycles. The van der Waals surface area contributed by atoms with E-state index in [1.54, 1.807) is 0 Å². The summed E-state index contributed by atoms with van der Waals surface area (Å²) < 4.78 is 0. The van der Waals surface area contributed by atoms with Crippen LogP contribution in [0.3, 0.4) is 0 Å². The average molecular weight is 264 g/mol. The van der Waals surface area contributed by atoms with Crippen LogP contribution in [0.4, 0.5) is 0 Å². The van der Waals surface area contributed by atoms with Crippen LogP contribution in [0.15, 0.2) is 40.6 Å². The monoisotopic (exact) mass is 264 g/mol. The fraction of sp³-hybridized carbons (Fsp3) is 0.462. The summed E-state index contributed by atoms with van der Waals surface area (Å²) in [5.74, 6) is 0. The highest BCUT2D eigenvalue weighted by atomic mass is 32.1. The minimum Gasteiger partial charge on any atom is -0.376 e. The molecule has 0 fully saturated rings. The van der Waals surface area contributed by atoms with Gasteiger partial charge < -0.3 is 11.1 Å². The Hall–Kier alpha value is -1.49. The van der Waals surface area contributed by atoms with Gasteiger partial charge in [0, 0.05) is 5.56 Å². The van der Waals surface area contributed by atoms with Crippen LogP contribution in [-0.2, 0) is 5.66 Å². The Labute approximate surface area is 114 Å². The minimum atomic E-state index is -0.736. The fourth-order valence-corrected chi connectivity index (χ4v) is 1.61. The first-order valence-electron chi connectivity index (χ1n) is 5.80. The van der Waals surface area contributed by atoms with Crippen molar-refractivity contribution in [2.45, 2.75) is 38.9 Å². The van der Waals surface area contributed by atoms with Crippen molar-refractivity contribution in [2.24, 2.45) is 16.0 Å². The smallest absolute Gasteiger partial charge is 0.174 e. The van der Waals surface area contributed by atoms with E-state index in [4.69, 9.17) is 18.0 Å². The Morgan fingerprint density at radius 2 is 1.67 bits per heavy atom. The first-order valence-corrected chi connectivity index (χ1v) is 6.21. The average Bonchev–Trinajstić information content (AvgIpc) is 2.26. The predicted molar refractivity (Wildman–Crippen MR) is 78.3 cm³/mol. The molecular weight excluding hydrogens is 244 g/mol. The lowest BCUT2D eigenvalue weighted by atomic mass is 10.0. The normalized spacial score (nSPS) is 15.3. The molecule has 4 nitrogen and oxygen atoms in total. The van der Waals surface area contributed by atoms with Crippen LogP contribution in [0.5, 0.6) is 0 Å². The van der Waals surface area contributed by atoms with E-state index in [0.717, 1.165) is 5.56 Å².